The minimum atomic E-state index is -0.430. The van der Waals surface area contributed by atoms with Crippen molar-refractivity contribution < 1.29 is 23.4 Å². The minimum Gasteiger partial charge on any atom is -0.496 e. The molecule has 34 heavy (non-hydrogen) atoms. The molecule has 3 heterocycles. The van der Waals surface area contributed by atoms with E-state index in [2.05, 4.69) is 10.3 Å². The summed E-state index contributed by atoms with van der Waals surface area (Å²) in [6.07, 6.45) is 3.46. The second kappa shape index (κ2) is 10.1. The molecule has 0 spiro atoms. The van der Waals surface area contributed by atoms with Gasteiger partial charge < -0.3 is 24.1 Å². The van der Waals surface area contributed by atoms with Crippen molar-refractivity contribution in [1.29, 1.82) is 0 Å². The van der Waals surface area contributed by atoms with Crippen molar-refractivity contribution in [2.75, 3.05) is 32.7 Å². The topological polar surface area (TPSA) is 74.6 Å². The van der Waals surface area contributed by atoms with Gasteiger partial charge in [0, 0.05) is 47.0 Å². The van der Waals surface area contributed by atoms with Crippen molar-refractivity contribution >= 4 is 33.9 Å². The summed E-state index contributed by atoms with van der Waals surface area (Å²) in [7, 11) is 2.93. The highest BCUT2D eigenvalue weighted by atomic mass is 32.1. The number of hydrogen-bond donors (Lipinski definition) is 1. The van der Waals surface area contributed by atoms with Gasteiger partial charge in [-0.15, -0.1) is 11.3 Å². The molecule has 0 saturated heterocycles. The maximum Gasteiger partial charge on any atom is 0.351 e. The molecule has 4 aromatic rings. The second-order valence-electron chi connectivity index (χ2n) is 7.57. The normalized spacial score (nSPS) is 11.0. The highest BCUT2D eigenvalue weighted by molar-refractivity contribution is 7.17. The lowest BCUT2D eigenvalue weighted by atomic mass is 10.2. The molecule has 1 aromatic carbocycles. The zero-order chi connectivity index (χ0) is 24.2. The summed E-state index contributed by atoms with van der Waals surface area (Å²) in [6.45, 7) is 5.38. The van der Waals surface area contributed by atoms with E-state index in [0.29, 0.717) is 41.6 Å². The van der Waals surface area contributed by atoms with Gasteiger partial charge in [-0.2, -0.15) is 0 Å². The number of halogens is 1. The summed E-state index contributed by atoms with van der Waals surface area (Å²) in [4.78, 5) is 17.7. The van der Waals surface area contributed by atoms with Crippen LogP contribution < -0.4 is 14.8 Å². The zero-order valence-electron chi connectivity index (χ0n) is 19.5. The zero-order valence-corrected chi connectivity index (χ0v) is 20.3. The molecular weight excluding hydrogens is 457 g/mol. The Kier molecular flexibility index (Phi) is 7.02. The molecule has 0 saturated carbocycles. The lowest BCUT2D eigenvalue weighted by Gasteiger charge is -2.12. The Labute approximate surface area is 201 Å². The Morgan fingerprint density at radius 1 is 1.18 bits per heavy atom. The molecule has 0 amide bonds. The molecule has 0 aliphatic heterocycles. The highest BCUT2D eigenvalue weighted by Gasteiger charge is 2.19. The van der Waals surface area contributed by atoms with E-state index >= 15 is 0 Å². The number of thiophene rings is 1. The number of carbonyl (C=O) groups excluding carboxylic acids is 1. The van der Waals surface area contributed by atoms with Gasteiger partial charge in [0.05, 0.1) is 32.0 Å². The quantitative estimate of drug-likeness (QED) is 0.316. The largest absolute Gasteiger partial charge is 0.496 e. The second-order valence-corrected chi connectivity index (χ2v) is 8.62. The van der Waals surface area contributed by atoms with Gasteiger partial charge in [0.2, 0.25) is 0 Å². The van der Waals surface area contributed by atoms with E-state index in [1.165, 1.54) is 24.5 Å². The van der Waals surface area contributed by atoms with Crippen LogP contribution in [0.4, 0.5) is 10.1 Å². The van der Waals surface area contributed by atoms with Crippen molar-refractivity contribution in [2.24, 2.45) is 0 Å². The smallest absolute Gasteiger partial charge is 0.351 e. The Balaban J connectivity index is 1.53. The number of aromatic nitrogens is 2. The molecule has 1 N–H and O–H groups in total. The summed E-state index contributed by atoms with van der Waals surface area (Å²) in [5.41, 5.74) is 3.15. The van der Waals surface area contributed by atoms with Gasteiger partial charge in [0.1, 0.15) is 17.3 Å². The first kappa shape index (κ1) is 23.6. The fourth-order valence-electron chi connectivity index (χ4n) is 3.90. The number of carbonyl (C=O) groups is 1. The van der Waals surface area contributed by atoms with Crippen LogP contribution in [-0.2, 0) is 11.3 Å². The standard InChI is InChI=1S/C25H26FN3O4S/c1-5-33-21-12-22(34-24(21)25(30)32-4)16-11-17(14-27-13-16)28-8-9-29-15(2)10-18-20(31-3)7-6-19(26)23(18)29/h6-7,10-14,28H,5,8-9H2,1-4H3. The number of methoxy groups -OCH3 is 2. The number of nitrogens with one attached hydrogen (secondary N) is 1. The molecule has 0 unspecified atom stereocenters. The van der Waals surface area contributed by atoms with Gasteiger partial charge in [-0.25, -0.2) is 9.18 Å². The number of benzene rings is 1. The van der Waals surface area contributed by atoms with Crippen molar-refractivity contribution in [3.05, 3.63) is 59.1 Å². The minimum absolute atomic E-state index is 0.281. The van der Waals surface area contributed by atoms with Crippen molar-refractivity contribution in [1.82, 2.24) is 9.55 Å². The third-order valence-electron chi connectivity index (χ3n) is 5.45. The molecule has 0 aliphatic rings. The first-order valence-electron chi connectivity index (χ1n) is 10.8. The van der Waals surface area contributed by atoms with Crippen LogP contribution >= 0.6 is 11.3 Å². The summed E-state index contributed by atoms with van der Waals surface area (Å²) in [6, 6.07) is 8.79. The third-order valence-corrected chi connectivity index (χ3v) is 6.60. The van der Waals surface area contributed by atoms with Gasteiger partial charge >= 0.3 is 5.97 Å². The fourth-order valence-corrected chi connectivity index (χ4v) is 4.90. The van der Waals surface area contributed by atoms with E-state index in [1.807, 2.05) is 36.6 Å². The molecule has 178 valence electrons. The van der Waals surface area contributed by atoms with Crippen LogP contribution in [0.3, 0.4) is 0 Å². The lowest BCUT2D eigenvalue weighted by Crippen LogP contribution is -2.12. The van der Waals surface area contributed by atoms with Gasteiger partial charge in [0.15, 0.2) is 4.88 Å². The molecule has 0 aliphatic carbocycles. The molecule has 0 bridgehead atoms. The lowest BCUT2D eigenvalue weighted by molar-refractivity contribution is 0.0602. The average molecular weight is 484 g/mol. The molecule has 4 rings (SSSR count). The van der Waals surface area contributed by atoms with E-state index in [9.17, 15) is 9.18 Å². The highest BCUT2D eigenvalue weighted by Crippen LogP contribution is 2.37. The van der Waals surface area contributed by atoms with Crippen LogP contribution in [0, 0.1) is 12.7 Å². The van der Waals surface area contributed by atoms with Gasteiger partial charge in [-0.1, -0.05) is 0 Å². The summed E-state index contributed by atoms with van der Waals surface area (Å²) in [5, 5.41) is 4.12. The summed E-state index contributed by atoms with van der Waals surface area (Å²) >= 11 is 1.30. The number of anilines is 1. The SMILES string of the molecule is CCOc1cc(-c2cncc(NCCn3c(C)cc4c(OC)ccc(F)c43)c2)sc1C(=O)OC. The number of hydrogen-bond acceptors (Lipinski definition) is 7. The van der Waals surface area contributed by atoms with Crippen molar-refractivity contribution in [3.63, 3.8) is 0 Å². The first-order valence-corrected chi connectivity index (χ1v) is 11.6. The van der Waals surface area contributed by atoms with Crippen LogP contribution in [0.2, 0.25) is 0 Å². The number of esters is 1. The van der Waals surface area contributed by atoms with Crippen LogP contribution in [0.1, 0.15) is 22.3 Å². The Morgan fingerprint density at radius 3 is 2.74 bits per heavy atom. The molecule has 9 heteroatoms. The van der Waals surface area contributed by atoms with E-state index in [0.717, 1.165) is 27.2 Å². The molecule has 7 nitrogen and oxygen atoms in total. The van der Waals surface area contributed by atoms with Crippen LogP contribution in [0.15, 0.2) is 42.7 Å². The maximum absolute atomic E-state index is 14.6. The van der Waals surface area contributed by atoms with Gasteiger partial charge in [0.25, 0.3) is 0 Å². The van der Waals surface area contributed by atoms with Crippen molar-refractivity contribution in [2.45, 2.75) is 20.4 Å². The molecule has 0 atom stereocenters. The number of pyridine rings is 1. The van der Waals surface area contributed by atoms with Gasteiger partial charge in [-0.3, -0.25) is 4.98 Å². The summed E-state index contributed by atoms with van der Waals surface area (Å²) < 4.78 is 32.4. The van der Waals surface area contributed by atoms with E-state index in [1.54, 1.807) is 25.6 Å². The predicted molar refractivity (Wildman–Crippen MR) is 132 cm³/mol. The Bertz CT molecular complexity index is 1330. The molecule has 0 fully saturated rings. The van der Waals surface area contributed by atoms with Crippen LogP contribution in [0.25, 0.3) is 21.3 Å². The first-order chi connectivity index (χ1) is 16.5. The van der Waals surface area contributed by atoms with E-state index in [-0.39, 0.29) is 5.82 Å². The number of nitrogens with zero attached hydrogens (tertiary/aromatic N) is 2. The number of ether oxygens (including phenoxy) is 3. The van der Waals surface area contributed by atoms with Gasteiger partial charge in [-0.05, 0) is 44.2 Å². The number of fused-ring (bicyclic) bond motifs is 1. The van der Waals surface area contributed by atoms with Crippen molar-refractivity contribution in [3.8, 4) is 21.9 Å². The fraction of sp³-hybridized carbons (Fsp3) is 0.280. The Hall–Kier alpha value is -3.59. The van der Waals surface area contributed by atoms with Crippen LogP contribution in [0.5, 0.6) is 11.5 Å². The third kappa shape index (κ3) is 4.56. The molecule has 0 radical (unpaired) electrons. The summed E-state index contributed by atoms with van der Waals surface area (Å²) in [5.74, 6) is 0.439. The molecule has 3 aromatic heterocycles. The molecular formula is C25H26FN3O4S. The number of aryl methyl sites for hydroxylation is 1. The van der Waals surface area contributed by atoms with Crippen LogP contribution in [-0.4, -0.2) is 42.9 Å². The van der Waals surface area contributed by atoms with E-state index in [4.69, 9.17) is 14.2 Å². The van der Waals surface area contributed by atoms with E-state index < -0.39 is 5.97 Å². The monoisotopic (exact) mass is 483 g/mol. The average Bonchev–Trinajstić information content (AvgIpc) is 3.41. The number of rotatable bonds is 9. The Morgan fingerprint density at radius 2 is 2.00 bits per heavy atom. The predicted octanol–water partition coefficient (Wildman–Crippen LogP) is 5.52. The maximum atomic E-state index is 14.6.